The normalized spacial score (nSPS) is 21.6. The summed E-state index contributed by atoms with van der Waals surface area (Å²) in [6.07, 6.45) is 10.1. The number of pyridine rings is 1. The summed E-state index contributed by atoms with van der Waals surface area (Å²) in [6.45, 7) is 4.19. The van der Waals surface area contributed by atoms with Gasteiger partial charge in [0.25, 0.3) is 0 Å². The average Bonchev–Trinajstić information content (AvgIpc) is 2.86. The summed E-state index contributed by atoms with van der Waals surface area (Å²) in [6, 6.07) is 4.87. The monoisotopic (exact) mass is 474 g/mol. The maximum Gasteiger partial charge on any atom is 0.223 e. The van der Waals surface area contributed by atoms with Crippen molar-refractivity contribution in [3.63, 3.8) is 0 Å². The number of hydrogen-bond acceptors (Lipinski definition) is 8. The van der Waals surface area contributed by atoms with Gasteiger partial charge in [0.2, 0.25) is 5.95 Å². The first-order valence-corrected chi connectivity index (χ1v) is 12.4. The second-order valence-electron chi connectivity index (χ2n) is 8.89. The number of methoxy groups -OCH3 is 1. The standard InChI is InChI=1S/C24H35ClN6O2/c1-32-13-10-26-18-2-4-19(5-3-18)30-23-14-20(21(25)16-28-23)22-6-9-27-24(31-22)29-15-17-7-11-33-12-8-17/h6,9,14,16-19,26H,2-5,7-8,10-13,15H2,1H3,(H,28,30)(H,27,29,31). The van der Waals surface area contributed by atoms with Crippen LogP contribution in [0, 0.1) is 5.92 Å². The van der Waals surface area contributed by atoms with Gasteiger partial charge in [-0.2, -0.15) is 0 Å². The maximum atomic E-state index is 6.50. The van der Waals surface area contributed by atoms with E-state index < -0.39 is 0 Å². The summed E-state index contributed by atoms with van der Waals surface area (Å²) in [7, 11) is 1.74. The van der Waals surface area contributed by atoms with Crippen molar-refractivity contribution in [2.45, 2.75) is 50.6 Å². The fourth-order valence-electron chi connectivity index (χ4n) is 4.51. The molecule has 0 radical (unpaired) electrons. The van der Waals surface area contributed by atoms with Crippen molar-refractivity contribution in [1.82, 2.24) is 20.3 Å². The van der Waals surface area contributed by atoms with Crippen molar-refractivity contribution in [3.05, 3.63) is 29.5 Å². The van der Waals surface area contributed by atoms with E-state index in [-0.39, 0.29) is 0 Å². The summed E-state index contributed by atoms with van der Waals surface area (Å²) in [5.41, 5.74) is 1.65. The van der Waals surface area contributed by atoms with Crippen LogP contribution in [0.25, 0.3) is 11.3 Å². The minimum Gasteiger partial charge on any atom is -0.383 e. The number of aromatic nitrogens is 3. The minimum absolute atomic E-state index is 0.411. The molecule has 0 amide bonds. The topological polar surface area (TPSA) is 93.2 Å². The van der Waals surface area contributed by atoms with Crippen LogP contribution in [0.4, 0.5) is 11.8 Å². The van der Waals surface area contributed by atoms with E-state index >= 15 is 0 Å². The highest BCUT2D eigenvalue weighted by Gasteiger charge is 2.21. The Balaban J connectivity index is 1.34. The van der Waals surface area contributed by atoms with E-state index in [0.29, 0.717) is 29.0 Å². The van der Waals surface area contributed by atoms with Gasteiger partial charge in [-0.25, -0.2) is 15.0 Å². The predicted molar refractivity (Wildman–Crippen MR) is 132 cm³/mol. The molecule has 0 aromatic carbocycles. The van der Waals surface area contributed by atoms with Crippen LogP contribution in [0.15, 0.2) is 24.5 Å². The Kier molecular flexibility index (Phi) is 9.11. The van der Waals surface area contributed by atoms with Gasteiger partial charge in [-0.3, -0.25) is 0 Å². The highest BCUT2D eigenvalue weighted by Crippen LogP contribution is 2.30. The van der Waals surface area contributed by atoms with Crippen LogP contribution in [-0.2, 0) is 9.47 Å². The van der Waals surface area contributed by atoms with E-state index in [9.17, 15) is 0 Å². The molecular formula is C24H35ClN6O2. The summed E-state index contributed by atoms with van der Waals surface area (Å²) in [4.78, 5) is 13.6. The lowest BCUT2D eigenvalue weighted by Gasteiger charge is -2.30. The Morgan fingerprint density at radius 2 is 1.88 bits per heavy atom. The molecule has 2 fully saturated rings. The van der Waals surface area contributed by atoms with Crippen molar-refractivity contribution < 1.29 is 9.47 Å². The molecule has 2 aromatic heterocycles. The average molecular weight is 475 g/mol. The van der Waals surface area contributed by atoms with Crippen LogP contribution in [0.2, 0.25) is 5.02 Å². The van der Waals surface area contributed by atoms with Crippen LogP contribution >= 0.6 is 11.6 Å². The third-order valence-electron chi connectivity index (χ3n) is 6.49. The van der Waals surface area contributed by atoms with Crippen LogP contribution < -0.4 is 16.0 Å². The molecule has 1 saturated carbocycles. The third kappa shape index (κ3) is 7.24. The smallest absolute Gasteiger partial charge is 0.223 e. The molecule has 2 aliphatic rings. The number of nitrogens with zero attached hydrogens (tertiary/aromatic N) is 3. The quantitative estimate of drug-likeness (QED) is 0.445. The minimum atomic E-state index is 0.411. The van der Waals surface area contributed by atoms with Crippen molar-refractivity contribution in [3.8, 4) is 11.3 Å². The predicted octanol–water partition coefficient (Wildman–Crippen LogP) is 3.99. The molecule has 4 rings (SSSR count). The Morgan fingerprint density at radius 3 is 2.67 bits per heavy atom. The Hall–Kier alpha value is -2.00. The van der Waals surface area contributed by atoms with Crippen LogP contribution in [0.1, 0.15) is 38.5 Å². The van der Waals surface area contributed by atoms with Crippen molar-refractivity contribution in [2.75, 3.05) is 50.7 Å². The number of ether oxygens (including phenoxy) is 2. The van der Waals surface area contributed by atoms with Gasteiger partial charge in [0.1, 0.15) is 5.82 Å². The zero-order valence-electron chi connectivity index (χ0n) is 19.4. The molecule has 0 unspecified atom stereocenters. The number of nitrogens with one attached hydrogen (secondary N) is 3. The lowest BCUT2D eigenvalue weighted by Crippen LogP contribution is -2.38. The highest BCUT2D eigenvalue weighted by molar-refractivity contribution is 6.33. The first kappa shape index (κ1) is 24.1. The Bertz CT molecular complexity index is 872. The van der Waals surface area contributed by atoms with Crippen molar-refractivity contribution in [2.24, 2.45) is 5.92 Å². The lowest BCUT2D eigenvalue weighted by atomic mass is 9.91. The third-order valence-corrected chi connectivity index (χ3v) is 6.80. The molecule has 1 aliphatic heterocycles. The van der Waals surface area contributed by atoms with E-state index in [2.05, 4.69) is 25.9 Å². The summed E-state index contributed by atoms with van der Waals surface area (Å²) < 4.78 is 10.6. The van der Waals surface area contributed by atoms with Gasteiger partial charge in [-0.05, 0) is 56.6 Å². The van der Waals surface area contributed by atoms with E-state index in [1.807, 2.05) is 12.1 Å². The molecule has 1 aliphatic carbocycles. The van der Waals surface area contributed by atoms with E-state index in [1.54, 1.807) is 19.5 Å². The molecule has 33 heavy (non-hydrogen) atoms. The molecule has 8 nitrogen and oxygen atoms in total. The van der Waals surface area contributed by atoms with Gasteiger partial charge in [-0.15, -0.1) is 0 Å². The number of hydrogen-bond donors (Lipinski definition) is 3. The fraction of sp³-hybridized carbons (Fsp3) is 0.625. The summed E-state index contributed by atoms with van der Waals surface area (Å²) in [5.74, 6) is 2.05. The SMILES string of the molecule is COCCNC1CCC(Nc2cc(-c3ccnc(NCC4CCOCC4)n3)c(Cl)cn2)CC1. The molecule has 1 saturated heterocycles. The van der Waals surface area contributed by atoms with Gasteiger partial charge in [0.15, 0.2) is 0 Å². The fourth-order valence-corrected chi connectivity index (χ4v) is 4.71. The molecule has 2 aromatic rings. The first-order chi connectivity index (χ1) is 16.2. The van der Waals surface area contributed by atoms with Gasteiger partial charge >= 0.3 is 0 Å². The summed E-state index contributed by atoms with van der Waals surface area (Å²) in [5, 5.41) is 11.1. The Labute approximate surface area is 201 Å². The molecule has 180 valence electrons. The lowest BCUT2D eigenvalue weighted by molar-refractivity contribution is 0.0699. The number of anilines is 2. The van der Waals surface area contributed by atoms with Gasteiger partial charge < -0.3 is 25.4 Å². The molecule has 0 bridgehead atoms. The molecular weight excluding hydrogens is 440 g/mol. The van der Waals surface area contributed by atoms with Crippen molar-refractivity contribution >= 4 is 23.4 Å². The molecule has 3 N–H and O–H groups in total. The highest BCUT2D eigenvalue weighted by atomic mass is 35.5. The van der Waals surface area contributed by atoms with Crippen LogP contribution in [-0.4, -0.2) is 67.1 Å². The molecule has 9 heteroatoms. The Morgan fingerprint density at radius 1 is 1.09 bits per heavy atom. The van der Waals surface area contributed by atoms with E-state index in [4.69, 9.17) is 26.1 Å². The zero-order valence-corrected chi connectivity index (χ0v) is 20.1. The molecule has 0 atom stereocenters. The van der Waals surface area contributed by atoms with E-state index in [0.717, 1.165) is 88.5 Å². The van der Waals surface area contributed by atoms with Crippen LogP contribution in [0.3, 0.4) is 0 Å². The maximum absolute atomic E-state index is 6.50. The van der Waals surface area contributed by atoms with Crippen LogP contribution in [0.5, 0.6) is 0 Å². The number of rotatable bonds is 10. The van der Waals surface area contributed by atoms with Crippen molar-refractivity contribution in [1.29, 1.82) is 0 Å². The number of halogens is 1. The molecule has 3 heterocycles. The zero-order chi connectivity index (χ0) is 22.9. The second-order valence-corrected chi connectivity index (χ2v) is 9.30. The second kappa shape index (κ2) is 12.5. The van der Waals surface area contributed by atoms with Gasteiger partial charge in [-0.1, -0.05) is 11.6 Å². The van der Waals surface area contributed by atoms with Gasteiger partial charge in [0, 0.05) is 63.5 Å². The van der Waals surface area contributed by atoms with Gasteiger partial charge in [0.05, 0.1) is 17.3 Å². The van der Waals surface area contributed by atoms with E-state index in [1.165, 1.54) is 0 Å². The summed E-state index contributed by atoms with van der Waals surface area (Å²) >= 11 is 6.50. The largest absolute Gasteiger partial charge is 0.383 e. The molecule has 0 spiro atoms. The first-order valence-electron chi connectivity index (χ1n) is 12.0.